The van der Waals surface area contributed by atoms with Gasteiger partial charge in [-0.05, 0) is 20.4 Å². The van der Waals surface area contributed by atoms with Gasteiger partial charge in [0.2, 0.25) is 0 Å². The summed E-state index contributed by atoms with van der Waals surface area (Å²) in [6, 6.07) is 0. The Morgan fingerprint density at radius 1 is 1.47 bits per heavy atom. The summed E-state index contributed by atoms with van der Waals surface area (Å²) in [5.74, 6) is -0.823. The van der Waals surface area contributed by atoms with Gasteiger partial charge in [0.05, 0.1) is 6.61 Å². The summed E-state index contributed by atoms with van der Waals surface area (Å²) < 4.78 is 5.21. The van der Waals surface area contributed by atoms with E-state index in [4.69, 9.17) is 9.84 Å². The third-order valence-corrected chi connectivity index (χ3v) is 2.13. The van der Waals surface area contributed by atoms with Crippen molar-refractivity contribution in [1.29, 1.82) is 0 Å². The van der Waals surface area contributed by atoms with E-state index in [1.807, 2.05) is 25.8 Å². The third kappa shape index (κ3) is 7.11. The fraction of sp³-hybridized carbons (Fsp3) is 0.727. The van der Waals surface area contributed by atoms with Gasteiger partial charge in [0.1, 0.15) is 0 Å². The molecule has 0 fully saturated rings. The molecule has 0 unspecified atom stereocenters. The SMILES string of the molecule is CCOCCN(C)C/C=C(/CC)C(=O)O. The predicted molar refractivity (Wildman–Crippen MR) is 60.0 cm³/mol. The number of hydrogen-bond acceptors (Lipinski definition) is 3. The molecule has 15 heavy (non-hydrogen) atoms. The summed E-state index contributed by atoms with van der Waals surface area (Å²) in [6.07, 6.45) is 2.32. The van der Waals surface area contributed by atoms with Crippen molar-refractivity contribution in [3.8, 4) is 0 Å². The van der Waals surface area contributed by atoms with Gasteiger partial charge in [0.15, 0.2) is 0 Å². The molecule has 1 N–H and O–H groups in total. The summed E-state index contributed by atoms with van der Waals surface area (Å²) in [6.45, 7) is 6.69. The van der Waals surface area contributed by atoms with Crippen LogP contribution in [0.2, 0.25) is 0 Å². The quantitative estimate of drug-likeness (QED) is 0.491. The van der Waals surface area contributed by atoms with Crippen molar-refractivity contribution in [1.82, 2.24) is 4.90 Å². The second-order valence-corrected chi connectivity index (χ2v) is 3.35. The van der Waals surface area contributed by atoms with Crippen molar-refractivity contribution in [2.45, 2.75) is 20.3 Å². The first kappa shape index (κ1) is 14.1. The fourth-order valence-corrected chi connectivity index (χ4v) is 1.10. The van der Waals surface area contributed by atoms with E-state index in [0.717, 1.165) is 13.2 Å². The van der Waals surface area contributed by atoms with Crippen molar-refractivity contribution in [2.75, 3.05) is 33.4 Å². The molecule has 0 atom stereocenters. The lowest BCUT2D eigenvalue weighted by atomic mass is 10.2. The standard InChI is InChI=1S/C11H21NO3/c1-4-10(11(13)14)6-7-12(3)8-9-15-5-2/h6H,4-5,7-9H2,1-3H3,(H,13,14)/b10-6-. The Bertz CT molecular complexity index is 214. The summed E-state index contributed by atoms with van der Waals surface area (Å²) in [5, 5.41) is 8.79. The van der Waals surface area contributed by atoms with E-state index in [9.17, 15) is 4.79 Å². The maximum absolute atomic E-state index is 10.7. The molecule has 0 aliphatic heterocycles. The highest BCUT2D eigenvalue weighted by molar-refractivity contribution is 5.86. The van der Waals surface area contributed by atoms with E-state index in [-0.39, 0.29) is 0 Å². The molecule has 4 nitrogen and oxygen atoms in total. The second-order valence-electron chi connectivity index (χ2n) is 3.35. The molecule has 0 saturated heterocycles. The minimum atomic E-state index is -0.823. The average Bonchev–Trinajstić information content (AvgIpc) is 2.18. The second kappa shape index (κ2) is 8.44. The highest BCUT2D eigenvalue weighted by Crippen LogP contribution is 2.00. The molecule has 0 bridgehead atoms. The number of hydrogen-bond donors (Lipinski definition) is 1. The molecule has 0 aliphatic carbocycles. The van der Waals surface area contributed by atoms with Gasteiger partial charge in [-0.15, -0.1) is 0 Å². The number of carbonyl (C=O) groups is 1. The maximum atomic E-state index is 10.7. The summed E-state index contributed by atoms with van der Waals surface area (Å²) in [7, 11) is 1.95. The number of nitrogens with zero attached hydrogens (tertiary/aromatic N) is 1. The van der Waals surface area contributed by atoms with Gasteiger partial charge in [-0.1, -0.05) is 13.0 Å². The van der Waals surface area contributed by atoms with Crippen LogP contribution < -0.4 is 0 Å². The predicted octanol–water partition coefficient (Wildman–Crippen LogP) is 1.38. The smallest absolute Gasteiger partial charge is 0.331 e. The van der Waals surface area contributed by atoms with Gasteiger partial charge in [-0.2, -0.15) is 0 Å². The highest BCUT2D eigenvalue weighted by atomic mass is 16.5. The van der Waals surface area contributed by atoms with Crippen LogP contribution in [0.15, 0.2) is 11.6 Å². The lowest BCUT2D eigenvalue weighted by Gasteiger charge is -2.14. The van der Waals surface area contributed by atoms with Crippen molar-refractivity contribution in [2.24, 2.45) is 0 Å². The van der Waals surface area contributed by atoms with Crippen LogP contribution in [0.5, 0.6) is 0 Å². The molecule has 0 aromatic carbocycles. The van der Waals surface area contributed by atoms with Gasteiger partial charge in [-0.25, -0.2) is 4.79 Å². The van der Waals surface area contributed by atoms with E-state index in [1.54, 1.807) is 6.08 Å². The number of aliphatic carboxylic acids is 1. The molecule has 0 rings (SSSR count). The van der Waals surface area contributed by atoms with E-state index in [1.165, 1.54) is 0 Å². The zero-order valence-corrected chi connectivity index (χ0v) is 9.82. The van der Waals surface area contributed by atoms with Crippen LogP contribution in [0.4, 0.5) is 0 Å². The van der Waals surface area contributed by atoms with E-state index in [2.05, 4.69) is 0 Å². The van der Waals surface area contributed by atoms with E-state index >= 15 is 0 Å². The van der Waals surface area contributed by atoms with Crippen LogP contribution in [0.1, 0.15) is 20.3 Å². The van der Waals surface area contributed by atoms with Gasteiger partial charge in [-0.3, -0.25) is 0 Å². The lowest BCUT2D eigenvalue weighted by molar-refractivity contribution is -0.132. The Balaban J connectivity index is 3.85. The van der Waals surface area contributed by atoms with Gasteiger partial charge in [0, 0.05) is 25.3 Å². The Morgan fingerprint density at radius 2 is 2.13 bits per heavy atom. The van der Waals surface area contributed by atoms with Gasteiger partial charge < -0.3 is 14.7 Å². The zero-order chi connectivity index (χ0) is 11.7. The van der Waals surface area contributed by atoms with Gasteiger partial charge >= 0.3 is 5.97 Å². The van der Waals surface area contributed by atoms with Crippen LogP contribution in [0.3, 0.4) is 0 Å². The van der Waals surface area contributed by atoms with Gasteiger partial charge in [0.25, 0.3) is 0 Å². The van der Waals surface area contributed by atoms with Crippen molar-refractivity contribution in [3.63, 3.8) is 0 Å². The van der Waals surface area contributed by atoms with Crippen molar-refractivity contribution < 1.29 is 14.6 Å². The Morgan fingerprint density at radius 3 is 2.60 bits per heavy atom. The molecule has 4 heteroatoms. The fourth-order valence-electron chi connectivity index (χ4n) is 1.10. The Hall–Kier alpha value is -0.870. The van der Waals surface area contributed by atoms with E-state index < -0.39 is 5.97 Å². The maximum Gasteiger partial charge on any atom is 0.331 e. The normalized spacial score (nSPS) is 12.1. The minimum Gasteiger partial charge on any atom is -0.478 e. The molecule has 0 radical (unpaired) electrons. The number of rotatable bonds is 8. The molecule has 0 aromatic rings. The first-order valence-corrected chi connectivity index (χ1v) is 5.30. The molecular formula is C11H21NO3. The first-order chi connectivity index (χ1) is 7.11. The number of ether oxygens (including phenoxy) is 1. The van der Waals surface area contributed by atoms with E-state index in [0.29, 0.717) is 25.1 Å². The monoisotopic (exact) mass is 215 g/mol. The largest absolute Gasteiger partial charge is 0.478 e. The molecular weight excluding hydrogens is 194 g/mol. The topological polar surface area (TPSA) is 49.8 Å². The first-order valence-electron chi connectivity index (χ1n) is 5.30. The lowest BCUT2D eigenvalue weighted by Crippen LogP contribution is -2.23. The number of likely N-dealkylation sites (N-methyl/N-ethyl adjacent to an activating group) is 1. The Kier molecular flexibility index (Phi) is 7.95. The van der Waals surface area contributed by atoms with Crippen LogP contribution in [-0.2, 0) is 9.53 Å². The van der Waals surface area contributed by atoms with Crippen LogP contribution in [0, 0.1) is 0 Å². The number of carboxylic acid groups (broad SMARTS) is 1. The minimum absolute atomic E-state index is 0.471. The molecule has 0 aromatic heterocycles. The molecule has 0 amide bonds. The zero-order valence-electron chi connectivity index (χ0n) is 9.82. The molecule has 0 spiro atoms. The highest BCUT2D eigenvalue weighted by Gasteiger charge is 2.04. The number of carboxylic acids is 1. The van der Waals surface area contributed by atoms with Crippen molar-refractivity contribution in [3.05, 3.63) is 11.6 Å². The molecule has 0 saturated carbocycles. The van der Waals surface area contributed by atoms with Crippen molar-refractivity contribution >= 4 is 5.97 Å². The summed E-state index contributed by atoms with van der Waals surface area (Å²) >= 11 is 0. The van der Waals surface area contributed by atoms with Crippen LogP contribution in [-0.4, -0.2) is 49.3 Å². The molecule has 0 aliphatic rings. The summed E-state index contributed by atoms with van der Waals surface area (Å²) in [5.41, 5.74) is 0.471. The molecule has 0 heterocycles. The third-order valence-electron chi connectivity index (χ3n) is 2.13. The van der Waals surface area contributed by atoms with Crippen LogP contribution >= 0.6 is 0 Å². The van der Waals surface area contributed by atoms with Crippen LogP contribution in [0.25, 0.3) is 0 Å². The average molecular weight is 215 g/mol. The molecule has 88 valence electrons. The Labute approximate surface area is 91.5 Å². The summed E-state index contributed by atoms with van der Waals surface area (Å²) in [4.78, 5) is 12.7.